The fourth-order valence-corrected chi connectivity index (χ4v) is 1.97. The maximum Gasteiger partial charge on any atom is 0.219 e. The summed E-state index contributed by atoms with van der Waals surface area (Å²) in [5.74, 6) is 0.375. The summed E-state index contributed by atoms with van der Waals surface area (Å²) in [6.45, 7) is 6.25. The maximum atomic E-state index is 13.6. The molecule has 0 saturated heterocycles. The third kappa shape index (κ3) is 1.96. The van der Waals surface area contributed by atoms with Gasteiger partial charge in [-0.3, -0.25) is 0 Å². The Balaban J connectivity index is 2.16. The van der Waals surface area contributed by atoms with Crippen molar-refractivity contribution in [3.63, 3.8) is 0 Å². The lowest BCUT2D eigenvalue weighted by Crippen LogP contribution is -2.15. The summed E-state index contributed by atoms with van der Waals surface area (Å²) in [5.41, 5.74) is 1.39. The molecule has 1 fully saturated rings. The van der Waals surface area contributed by atoms with E-state index >= 15 is 0 Å². The zero-order valence-electron chi connectivity index (χ0n) is 10.9. The van der Waals surface area contributed by atoms with E-state index in [-0.39, 0.29) is 17.3 Å². The molecular weight excluding hydrogens is 231 g/mol. The highest BCUT2D eigenvalue weighted by atomic mass is 19.1. The number of nitrogens with zero attached hydrogens (tertiary/aromatic N) is 1. The number of halogens is 1. The van der Waals surface area contributed by atoms with Gasteiger partial charge in [-0.2, -0.15) is 4.98 Å². The Morgan fingerprint density at radius 3 is 2.72 bits per heavy atom. The standard InChI is InChI=1S/C14H17FN2O/c1-14(2,3)10-6-9-11(15)7-16-12(9)17-13(10)18-8-4-5-8/h6-8H,4-5H2,1-3H3,(H,16,17). The highest BCUT2D eigenvalue weighted by Crippen LogP contribution is 2.36. The molecule has 4 heteroatoms. The number of ether oxygens (including phenoxy) is 1. The highest BCUT2D eigenvalue weighted by Gasteiger charge is 2.29. The Bertz CT molecular complexity index is 594. The molecule has 0 unspecified atom stereocenters. The van der Waals surface area contributed by atoms with E-state index in [1.54, 1.807) is 0 Å². The zero-order valence-corrected chi connectivity index (χ0v) is 10.9. The molecule has 2 aromatic heterocycles. The van der Waals surface area contributed by atoms with E-state index in [0.717, 1.165) is 18.4 Å². The van der Waals surface area contributed by atoms with Gasteiger partial charge in [0, 0.05) is 11.8 Å². The van der Waals surface area contributed by atoms with Crippen molar-refractivity contribution >= 4 is 11.0 Å². The second-order valence-corrected chi connectivity index (χ2v) is 5.94. The Morgan fingerprint density at radius 1 is 1.39 bits per heavy atom. The Kier molecular flexibility index (Phi) is 2.37. The van der Waals surface area contributed by atoms with Crippen LogP contribution in [0, 0.1) is 5.82 Å². The van der Waals surface area contributed by atoms with E-state index in [2.05, 4.69) is 30.7 Å². The summed E-state index contributed by atoms with van der Waals surface area (Å²) < 4.78 is 19.5. The van der Waals surface area contributed by atoms with Gasteiger partial charge in [-0.25, -0.2) is 4.39 Å². The van der Waals surface area contributed by atoms with Crippen molar-refractivity contribution in [3.05, 3.63) is 23.6 Å². The molecule has 18 heavy (non-hydrogen) atoms. The topological polar surface area (TPSA) is 37.9 Å². The largest absolute Gasteiger partial charge is 0.474 e. The van der Waals surface area contributed by atoms with Crippen molar-refractivity contribution in [2.45, 2.75) is 45.1 Å². The average Bonchev–Trinajstić information content (AvgIpc) is 3.01. The number of H-pyrrole nitrogens is 1. The summed E-state index contributed by atoms with van der Waals surface area (Å²) in [6.07, 6.45) is 3.80. The molecule has 1 aliphatic rings. The number of hydrogen-bond donors (Lipinski definition) is 1. The van der Waals surface area contributed by atoms with Crippen LogP contribution in [0.5, 0.6) is 5.88 Å². The maximum absolute atomic E-state index is 13.6. The number of hydrogen-bond acceptors (Lipinski definition) is 2. The predicted octanol–water partition coefficient (Wildman–Crippen LogP) is 3.54. The van der Waals surface area contributed by atoms with E-state index in [1.165, 1.54) is 6.20 Å². The molecule has 1 saturated carbocycles. The van der Waals surface area contributed by atoms with Crippen molar-refractivity contribution in [2.24, 2.45) is 0 Å². The molecule has 0 spiro atoms. The van der Waals surface area contributed by atoms with Crippen LogP contribution in [0.2, 0.25) is 0 Å². The SMILES string of the molecule is CC(C)(C)c1cc2c(F)c[nH]c2nc1OC1CC1. The summed E-state index contributed by atoms with van der Waals surface area (Å²) in [6, 6.07) is 1.85. The first kappa shape index (κ1) is 11.5. The minimum atomic E-state index is -0.263. The lowest BCUT2D eigenvalue weighted by atomic mass is 9.87. The van der Waals surface area contributed by atoms with Gasteiger partial charge in [-0.15, -0.1) is 0 Å². The number of fused-ring (bicyclic) bond motifs is 1. The number of pyridine rings is 1. The molecule has 3 rings (SSSR count). The third-order valence-electron chi connectivity index (χ3n) is 3.19. The van der Waals surface area contributed by atoms with Crippen molar-refractivity contribution in [3.8, 4) is 5.88 Å². The number of aromatic nitrogens is 2. The Labute approximate surface area is 105 Å². The van der Waals surface area contributed by atoms with Crippen molar-refractivity contribution in [1.29, 1.82) is 0 Å². The third-order valence-corrected chi connectivity index (χ3v) is 3.19. The lowest BCUT2D eigenvalue weighted by Gasteiger charge is -2.22. The van der Waals surface area contributed by atoms with Gasteiger partial charge in [0.15, 0.2) is 0 Å². The molecule has 0 radical (unpaired) electrons. The normalized spacial score (nSPS) is 16.2. The van der Waals surface area contributed by atoms with Gasteiger partial charge in [0.05, 0.1) is 5.39 Å². The van der Waals surface area contributed by atoms with Crippen LogP contribution in [0.4, 0.5) is 4.39 Å². The molecular formula is C14H17FN2O. The van der Waals surface area contributed by atoms with Gasteiger partial charge in [0.1, 0.15) is 17.6 Å². The fraction of sp³-hybridized carbons (Fsp3) is 0.500. The number of nitrogens with one attached hydrogen (secondary N) is 1. The summed E-state index contributed by atoms with van der Waals surface area (Å²) >= 11 is 0. The van der Waals surface area contributed by atoms with Crippen molar-refractivity contribution in [2.75, 3.05) is 0 Å². The van der Waals surface area contributed by atoms with Crippen LogP contribution in [-0.4, -0.2) is 16.1 Å². The average molecular weight is 248 g/mol. The van der Waals surface area contributed by atoms with Crippen LogP contribution in [0.1, 0.15) is 39.2 Å². The van der Waals surface area contributed by atoms with E-state index in [0.29, 0.717) is 16.9 Å². The minimum absolute atomic E-state index is 0.116. The first-order valence-corrected chi connectivity index (χ1v) is 6.30. The minimum Gasteiger partial charge on any atom is -0.474 e. The second kappa shape index (κ2) is 3.70. The first-order valence-electron chi connectivity index (χ1n) is 6.30. The molecule has 3 nitrogen and oxygen atoms in total. The molecule has 2 heterocycles. The molecule has 1 aliphatic carbocycles. The molecule has 0 aromatic carbocycles. The van der Waals surface area contributed by atoms with Gasteiger partial charge in [0.25, 0.3) is 0 Å². The predicted molar refractivity (Wildman–Crippen MR) is 68.4 cm³/mol. The Hall–Kier alpha value is -1.58. The van der Waals surface area contributed by atoms with E-state index in [9.17, 15) is 4.39 Å². The molecule has 0 amide bonds. The molecule has 2 aromatic rings. The van der Waals surface area contributed by atoms with Crippen molar-refractivity contribution < 1.29 is 9.13 Å². The van der Waals surface area contributed by atoms with Crippen LogP contribution in [0.15, 0.2) is 12.3 Å². The van der Waals surface area contributed by atoms with Gasteiger partial charge >= 0.3 is 0 Å². The van der Waals surface area contributed by atoms with Crippen LogP contribution in [0.3, 0.4) is 0 Å². The summed E-state index contributed by atoms with van der Waals surface area (Å²) in [5, 5.41) is 0.531. The summed E-state index contributed by atoms with van der Waals surface area (Å²) in [4.78, 5) is 7.26. The van der Waals surface area contributed by atoms with Crippen LogP contribution < -0.4 is 4.74 Å². The van der Waals surface area contributed by atoms with Gasteiger partial charge in [-0.1, -0.05) is 20.8 Å². The van der Waals surface area contributed by atoms with E-state index in [1.807, 2.05) is 6.07 Å². The zero-order chi connectivity index (χ0) is 12.9. The lowest BCUT2D eigenvalue weighted by molar-refractivity contribution is 0.283. The fourth-order valence-electron chi connectivity index (χ4n) is 1.97. The second-order valence-electron chi connectivity index (χ2n) is 5.94. The molecule has 0 bridgehead atoms. The van der Waals surface area contributed by atoms with Crippen LogP contribution in [-0.2, 0) is 5.41 Å². The van der Waals surface area contributed by atoms with Crippen LogP contribution in [0.25, 0.3) is 11.0 Å². The smallest absolute Gasteiger partial charge is 0.219 e. The monoisotopic (exact) mass is 248 g/mol. The van der Waals surface area contributed by atoms with Gasteiger partial charge in [0.2, 0.25) is 5.88 Å². The van der Waals surface area contributed by atoms with Crippen LogP contribution >= 0.6 is 0 Å². The molecule has 96 valence electrons. The molecule has 0 aliphatic heterocycles. The number of rotatable bonds is 2. The molecule has 0 atom stereocenters. The summed E-state index contributed by atoms with van der Waals surface area (Å²) in [7, 11) is 0. The quantitative estimate of drug-likeness (QED) is 0.882. The van der Waals surface area contributed by atoms with Gasteiger partial charge in [-0.05, 0) is 24.3 Å². The van der Waals surface area contributed by atoms with Crippen molar-refractivity contribution in [1.82, 2.24) is 9.97 Å². The Morgan fingerprint density at radius 2 is 2.11 bits per heavy atom. The highest BCUT2D eigenvalue weighted by molar-refractivity contribution is 5.78. The first-order chi connectivity index (χ1) is 8.45. The molecule has 1 N–H and O–H groups in total. The van der Waals surface area contributed by atoms with E-state index in [4.69, 9.17) is 4.74 Å². The van der Waals surface area contributed by atoms with E-state index < -0.39 is 0 Å². The van der Waals surface area contributed by atoms with Gasteiger partial charge < -0.3 is 9.72 Å². The number of aromatic amines is 1.